The van der Waals surface area contributed by atoms with E-state index in [9.17, 15) is 18.0 Å². The number of aromatic carboxylic acids is 1. The molecule has 2 rings (SSSR count). The van der Waals surface area contributed by atoms with Gasteiger partial charge in [-0.1, -0.05) is 0 Å². The van der Waals surface area contributed by atoms with Crippen LogP contribution in [0.1, 0.15) is 15.9 Å². The van der Waals surface area contributed by atoms with Gasteiger partial charge in [0.25, 0.3) is 0 Å². The topological polar surface area (TPSA) is 62.2 Å². The van der Waals surface area contributed by atoms with Gasteiger partial charge in [-0.15, -0.1) is 0 Å². The average Bonchev–Trinajstić information content (AvgIpc) is 2.41. The number of aryl methyl sites for hydroxylation is 1. The number of hydrogen-bond donors (Lipinski definition) is 2. The minimum atomic E-state index is -1.43. The van der Waals surface area contributed by atoms with E-state index in [1.807, 2.05) is 0 Å². The molecule has 1 aromatic heterocycles. The summed E-state index contributed by atoms with van der Waals surface area (Å²) in [6.07, 6.45) is 0.857. The van der Waals surface area contributed by atoms with Gasteiger partial charge in [-0.3, -0.25) is 0 Å². The van der Waals surface area contributed by atoms with Crippen molar-refractivity contribution in [3.8, 4) is 0 Å². The minimum absolute atomic E-state index is 0.0407. The Morgan fingerprint density at radius 2 is 1.95 bits per heavy atom. The number of carboxylic acids is 1. The Kier molecular flexibility index (Phi) is 4.17. The Balaban J connectivity index is 2.57. The summed E-state index contributed by atoms with van der Waals surface area (Å²) >= 11 is 3.00. The van der Waals surface area contributed by atoms with E-state index in [0.29, 0.717) is 0 Å². The molecule has 0 radical (unpaired) electrons. The SMILES string of the molecule is Cc1cc(C(=O)O)c(Nc2ncc(F)cc2Br)c(F)c1F. The molecule has 0 spiro atoms. The van der Waals surface area contributed by atoms with E-state index in [4.69, 9.17) is 5.11 Å². The summed E-state index contributed by atoms with van der Waals surface area (Å²) in [5, 5.41) is 11.4. The number of carboxylic acid groups (broad SMARTS) is 1. The third-order valence-corrected chi connectivity index (χ3v) is 3.27. The van der Waals surface area contributed by atoms with Gasteiger partial charge in [0.2, 0.25) is 0 Å². The predicted octanol–water partition coefficient (Wildman–Crippen LogP) is 4.01. The molecule has 0 aliphatic rings. The van der Waals surface area contributed by atoms with E-state index in [1.54, 1.807) is 0 Å². The second kappa shape index (κ2) is 5.72. The van der Waals surface area contributed by atoms with Crippen LogP contribution in [0.2, 0.25) is 0 Å². The first kappa shape index (κ1) is 15.3. The summed E-state index contributed by atoms with van der Waals surface area (Å²) in [6.45, 7) is 1.25. The molecule has 0 aliphatic heterocycles. The second-order valence-corrected chi connectivity index (χ2v) is 5.01. The molecule has 2 aromatic rings. The van der Waals surface area contributed by atoms with Crippen LogP contribution in [0.4, 0.5) is 24.7 Å². The number of rotatable bonds is 3. The van der Waals surface area contributed by atoms with Gasteiger partial charge < -0.3 is 10.4 Å². The number of carbonyl (C=O) groups is 1. The molecule has 1 heterocycles. The molecule has 0 unspecified atom stereocenters. The highest BCUT2D eigenvalue weighted by molar-refractivity contribution is 9.10. The van der Waals surface area contributed by atoms with E-state index >= 15 is 0 Å². The van der Waals surface area contributed by atoms with Crippen LogP contribution in [0, 0.1) is 24.4 Å². The average molecular weight is 361 g/mol. The third-order valence-electron chi connectivity index (χ3n) is 2.67. The maximum Gasteiger partial charge on any atom is 0.337 e. The molecule has 4 nitrogen and oxygen atoms in total. The van der Waals surface area contributed by atoms with Gasteiger partial charge in [0, 0.05) is 0 Å². The zero-order valence-electron chi connectivity index (χ0n) is 10.5. The molecule has 0 bridgehead atoms. The van der Waals surface area contributed by atoms with Crippen LogP contribution < -0.4 is 5.32 Å². The van der Waals surface area contributed by atoms with Crippen LogP contribution in [0.5, 0.6) is 0 Å². The highest BCUT2D eigenvalue weighted by atomic mass is 79.9. The van der Waals surface area contributed by atoms with E-state index < -0.39 is 34.7 Å². The first-order valence-electron chi connectivity index (χ1n) is 5.61. The number of hydrogen-bond acceptors (Lipinski definition) is 3. The van der Waals surface area contributed by atoms with Gasteiger partial charge in [0.05, 0.1) is 21.9 Å². The van der Waals surface area contributed by atoms with Crippen molar-refractivity contribution < 1.29 is 23.1 Å². The van der Waals surface area contributed by atoms with Crippen molar-refractivity contribution in [1.29, 1.82) is 0 Å². The van der Waals surface area contributed by atoms with Gasteiger partial charge >= 0.3 is 5.97 Å². The van der Waals surface area contributed by atoms with Gasteiger partial charge in [-0.25, -0.2) is 22.9 Å². The van der Waals surface area contributed by atoms with Crippen molar-refractivity contribution in [3.05, 3.63) is 51.4 Å². The summed E-state index contributed by atoms with van der Waals surface area (Å²) in [7, 11) is 0. The maximum atomic E-state index is 14.0. The zero-order chi connectivity index (χ0) is 15.7. The molecule has 0 aliphatic carbocycles. The van der Waals surface area contributed by atoms with Crippen LogP contribution in [-0.2, 0) is 0 Å². The lowest BCUT2D eigenvalue weighted by Gasteiger charge is -2.13. The Bertz CT molecular complexity index is 738. The summed E-state index contributed by atoms with van der Waals surface area (Å²) in [5.74, 6) is -4.62. The quantitative estimate of drug-likeness (QED) is 0.867. The van der Waals surface area contributed by atoms with E-state index in [1.165, 1.54) is 6.92 Å². The smallest absolute Gasteiger partial charge is 0.337 e. The monoisotopic (exact) mass is 360 g/mol. The summed E-state index contributed by atoms with van der Waals surface area (Å²) in [5.41, 5.74) is -1.17. The number of anilines is 2. The van der Waals surface area contributed by atoms with E-state index in [2.05, 4.69) is 26.2 Å². The van der Waals surface area contributed by atoms with Gasteiger partial charge in [-0.05, 0) is 40.5 Å². The lowest BCUT2D eigenvalue weighted by molar-refractivity contribution is 0.0697. The highest BCUT2D eigenvalue weighted by Crippen LogP contribution is 2.30. The molecule has 110 valence electrons. The van der Waals surface area contributed by atoms with E-state index in [0.717, 1.165) is 18.3 Å². The fourth-order valence-electron chi connectivity index (χ4n) is 1.67. The van der Waals surface area contributed by atoms with E-state index in [-0.39, 0.29) is 15.9 Å². The summed E-state index contributed by atoms with van der Waals surface area (Å²) in [6, 6.07) is 2.05. The number of nitrogens with one attached hydrogen (secondary N) is 1. The number of halogens is 4. The summed E-state index contributed by atoms with van der Waals surface area (Å²) < 4.78 is 40.6. The van der Waals surface area contributed by atoms with Crippen LogP contribution in [0.25, 0.3) is 0 Å². The van der Waals surface area contributed by atoms with Gasteiger partial charge in [-0.2, -0.15) is 0 Å². The van der Waals surface area contributed by atoms with Crippen LogP contribution >= 0.6 is 15.9 Å². The standard InChI is InChI=1S/C13H8BrF3N2O2/c1-5-2-7(13(20)21)11(10(17)9(5)16)19-12-8(14)3-6(15)4-18-12/h2-4H,1H3,(H,18,19)(H,20,21). The first-order chi connectivity index (χ1) is 9.81. The number of aromatic nitrogens is 1. The Hall–Kier alpha value is -2.09. The predicted molar refractivity (Wildman–Crippen MR) is 73.2 cm³/mol. The minimum Gasteiger partial charge on any atom is -0.478 e. The lowest BCUT2D eigenvalue weighted by atomic mass is 10.1. The lowest BCUT2D eigenvalue weighted by Crippen LogP contribution is -2.09. The fourth-order valence-corrected chi connectivity index (χ4v) is 2.09. The normalized spacial score (nSPS) is 10.5. The van der Waals surface area contributed by atoms with Crippen LogP contribution in [0.15, 0.2) is 22.8 Å². The fraction of sp³-hybridized carbons (Fsp3) is 0.0769. The molecule has 0 saturated carbocycles. The third kappa shape index (κ3) is 2.99. The Labute approximate surface area is 125 Å². The van der Waals surface area contributed by atoms with Gasteiger partial charge in [0.1, 0.15) is 11.6 Å². The largest absolute Gasteiger partial charge is 0.478 e. The van der Waals surface area contributed by atoms with Crippen molar-refractivity contribution in [2.45, 2.75) is 6.92 Å². The molecule has 0 atom stereocenters. The first-order valence-corrected chi connectivity index (χ1v) is 6.40. The molecule has 2 N–H and O–H groups in total. The summed E-state index contributed by atoms with van der Waals surface area (Å²) in [4.78, 5) is 14.8. The van der Waals surface area contributed by atoms with Crippen molar-refractivity contribution in [3.63, 3.8) is 0 Å². The number of pyridine rings is 1. The highest BCUT2D eigenvalue weighted by Gasteiger charge is 2.21. The molecular formula is C13H8BrF3N2O2. The Morgan fingerprint density at radius 1 is 1.29 bits per heavy atom. The Morgan fingerprint density at radius 3 is 2.52 bits per heavy atom. The van der Waals surface area contributed by atoms with Crippen molar-refractivity contribution >= 4 is 33.4 Å². The van der Waals surface area contributed by atoms with Gasteiger partial charge in [0.15, 0.2) is 11.6 Å². The number of benzene rings is 1. The molecule has 0 saturated heterocycles. The molecule has 0 fully saturated rings. The number of nitrogens with zero attached hydrogens (tertiary/aromatic N) is 1. The molecule has 0 amide bonds. The molecule has 21 heavy (non-hydrogen) atoms. The van der Waals surface area contributed by atoms with Crippen molar-refractivity contribution in [1.82, 2.24) is 4.98 Å². The zero-order valence-corrected chi connectivity index (χ0v) is 12.1. The second-order valence-electron chi connectivity index (χ2n) is 4.16. The van der Waals surface area contributed by atoms with Crippen LogP contribution in [-0.4, -0.2) is 16.1 Å². The molecule has 8 heteroatoms. The molecular weight excluding hydrogens is 353 g/mol. The maximum absolute atomic E-state index is 14.0. The van der Waals surface area contributed by atoms with Crippen molar-refractivity contribution in [2.75, 3.05) is 5.32 Å². The van der Waals surface area contributed by atoms with Crippen LogP contribution in [0.3, 0.4) is 0 Å². The van der Waals surface area contributed by atoms with Crippen molar-refractivity contribution in [2.24, 2.45) is 0 Å². The molecule has 1 aromatic carbocycles.